The molecule has 114 valence electrons. The molecule has 1 N–H and O–H groups in total. The topological polar surface area (TPSA) is 88.3 Å². The molecule has 0 bridgehead atoms. The molecule has 1 saturated heterocycles. The van der Waals surface area contributed by atoms with Crippen molar-refractivity contribution < 1.29 is 14.7 Å². The second-order valence-electron chi connectivity index (χ2n) is 6.06. The van der Waals surface area contributed by atoms with Crippen LogP contribution in [-0.2, 0) is 11.8 Å². The third-order valence-electron chi connectivity index (χ3n) is 4.92. The van der Waals surface area contributed by atoms with E-state index in [0.717, 1.165) is 25.7 Å². The van der Waals surface area contributed by atoms with Crippen molar-refractivity contribution in [2.45, 2.75) is 51.1 Å². The molecule has 3 atom stereocenters. The molecular formula is C14H20N4O3. The van der Waals surface area contributed by atoms with E-state index in [1.165, 1.54) is 4.68 Å². The molecule has 1 amide bonds. The Balaban J connectivity index is 1.94. The Morgan fingerprint density at radius 1 is 1.29 bits per heavy atom. The maximum atomic E-state index is 12.8. The third kappa shape index (κ3) is 2.20. The fourth-order valence-electron chi connectivity index (χ4n) is 3.70. The molecule has 1 aliphatic heterocycles. The first-order valence-electron chi connectivity index (χ1n) is 7.42. The highest BCUT2D eigenvalue weighted by Gasteiger charge is 2.48. The Bertz CT molecular complexity index is 583. The number of likely N-dealkylation sites (tertiary alicyclic amines) is 1. The number of amides is 1. The summed E-state index contributed by atoms with van der Waals surface area (Å²) in [6.07, 6.45) is 4.64. The smallest absolute Gasteiger partial charge is 0.326 e. The summed E-state index contributed by atoms with van der Waals surface area (Å²) in [5.41, 5.74) is 0.943. The van der Waals surface area contributed by atoms with Crippen LogP contribution in [0.15, 0.2) is 0 Å². The number of fused-ring (bicyclic) bond motifs is 1. The number of hydrogen-bond donors (Lipinski definition) is 1. The zero-order valence-corrected chi connectivity index (χ0v) is 12.3. The summed E-state index contributed by atoms with van der Waals surface area (Å²) in [5, 5.41) is 17.2. The van der Waals surface area contributed by atoms with Crippen LogP contribution in [0.5, 0.6) is 0 Å². The molecule has 2 aliphatic rings. The van der Waals surface area contributed by atoms with E-state index in [2.05, 4.69) is 10.3 Å². The van der Waals surface area contributed by atoms with Gasteiger partial charge in [-0.05, 0) is 32.1 Å². The van der Waals surface area contributed by atoms with Crippen LogP contribution in [0.25, 0.3) is 0 Å². The van der Waals surface area contributed by atoms with Crippen molar-refractivity contribution >= 4 is 11.9 Å². The molecule has 0 radical (unpaired) electrons. The first-order valence-corrected chi connectivity index (χ1v) is 7.42. The summed E-state index contributed by atoms with van der Waals surface area (Å²) >= 11 is 0. The highest BCUT2D eigenvalue weighted by Crippen LogP contribution is 2.40. The van der Waals surface area contributed by atoms with Gasteiger partial charge in [0.05, 0.1) is 5.69 Å². The number of hydrogen-bond acceptors (Lipinski definition) is 4. The molecule has 1 aromatic rings. The van der Waals surface area contributed by atoms with Gasteiger partial charge in [-0.3, -0.25) is 9.48 Å². The summed E-state index contributed by atoms with van der Waals surface area (Å²) < 4.78 is 1.54. The number of aliphatic carboxylic acids is 1. The Labute approximate surface area is 122 Å². The van der Waals surface area contributed by atoms with E-state index in [-0.39, 0.29) is 17.6 Å². The average molecular weight is 292 g/mol. The molecule has 21 heavy (non-hydrogen) atoms. The summed E-state index contributed by atoms with van der Waals surface area (Å²) in [5.74, 6) is -0.900. The van der Waals surface area contributed by atoms with Crippen LogP contribution in [0.4, 0.5) is 0 Å². The lowest BCUT2D eigenvalue weighted by Crippen LogP contribution is -2.46. The number of aromatic nitrogens is 3. The predicted molar refractivity (Wildman–Crippen MR) is 73.7 cm³/mol. The minimum Gasteiger partial charge on any atom is -0.480 e. The van der Waals surface area contributed by atoms with Gasteiger partial charge in [-0.15, -0.1) is 5.10 Å². The van der Waals surface area contributed by atoms with Gasteiger partial charge in [0.25, 0.3) is 5.91 Å². The first-order chi connectivity index (χ1) is 10.0. The monoisotopic (exact) mass is 292 g/mol. The summed E-state index contributed by atoms with van der Waals surface area (Å²) in [4.78, 5) is 25.9. The maximum absolute atomic E-state index is 12.8. The Kier molecular flexibility index (Phi) is 3.43. The number of rotatable bonds is 2. The van der Waals surface area contributed by atoms with E-state index in [1.54, 1.807) is 18.9 Å². The van der Waals surface area contributed by atoms with Crippen LogP contribution in [-0.4, -0.2) is 49.0 Å². The van der Waals surface area contributed by atoms with Gasteiger partial charge in [-0.25, -0.2) is 4.79 Å². The first kappa shape index (κ1) is 14.0. The maximum Gasteiger partial charge on any atom is 0.326 e. The standard InChI is InChI=1S/C14H20N4O3/c1-8-12(15-16-17(8)2)13(19)18-10-6-4-3-5-9(10)7-11(18)14(20)21/h9-11H,3-7H2,1-2H3,(H,20,21). The van der Waals surface area contributed by atoms with Gasteiger partial charge in [0.15, 0.2) is 5.69 Å². The largest absolute Gasteiger partial charge is 0.480 e. The van der Waals surface area contributed by atoms with Crippen molar-refractivity contribution in [1.29, 1.82) is 0 Å². The highest BCUT2D eigenvalue weighted by atomic mass is 16.4. The molecule has 1 aromatic heterocycles. The normalized spacial score (nSPS) is 28.5. The lowest BCUT2D eigenvalue weighted by molar-refractivity contribution is -0.141. The van der Waals surface area contributed by atoms with Crippen LogP contribution in [0, 0.1) is 12.8 Å². The van der Waals surface area contributed by atoms with E-state index in [9.17, 15) is 14.7 Å². The highest BCUT2D eigenvalue weighted by molar-refractivity contribution is 5.96. The van der Waals surface area contributed by atoms with Gasteiger partial charge in [0.2, 0.25) is 0 Å². The SMILES string of the molecule is Cc1c(C(=O)N2C(C(=O)O)CC3CCCCC32)nnn1C. The molecule has 2 heterocycles. The molecule has 1 aliphatic carbocycles. The van der Waals surface area contributed by atoms with Crippen LogP contribution in [0.1, 0.15) is 48.3 Å². The molecule has 7 nitrogen and oxygen atoms in total. The van der Waals surface area contributed by atoms with Crippen molar-refractivity contribution in [3.63, 3.8) is 0 Å². The Morgan fingerprint density at radius 2 is 2.00 bits per heavy atom. The minimum absolute atomic E-state index is 0.0359. The minimum atomic E-state index is -0.917. The van der Waals surface area contributed by atoms with Gasteiger partial charge in [0.1, 0.15) is 6.04 Å². The van der Waals surface area contributed by atoms with E-state index in [1.807, 2.05) is 0 Å². The third-order valence-corrected chi connectivity index (χ3v) is 4.92. The van der Waals surface area contributed by atoms with Crippen molar-refractivity contribution in [1.82, 2.24) is 19.9 Å². The molecule has 3 unspecified atom stereocenters. The number of carboxylic acid groups (broad SMARTS) is 1. The van der Waals surface area contributed by atoms with Gasteiger partial charge < -0.3 is 10.0 Å². The lowest BCUT2D eigenvalue weighted by Gasteiger charge is -2.32. The lowest BCUT2D eigenvalue weighted by atomic mass is 9.84. The summed E-state index contributed by atoms with van der Waals surface area (Å²) in [6, 6.07) is -0.694. The number of carbonyl (C=O) groups excluding carboxylic acids is 1. The fraction of sp³-hybridized carbons (Fsp3) is 0.714. The van der Waals surface area contributed by atoms with Crippen molar-refractivity contribution in [2.75, 3.05) is 0 Å². The summed E-state index contributed by atoms with van der Waals surface area (Å²) in [6.45, 7) is 1.78. The van der Waals surface area contributed by atoms with Gasteiger partial charge >= 0.3 is 5.97 Å². The second kappa shape index (κ2) is 5.13. The number of nitrogens with zero attached hydrogens (tertiary/aromatic N) is 4. The molecule has 0 aromatic carbocycles. The number of carbonyl (C=O) groups is 2. The molecule has 3 rings (SSSR count). The zero-order valence-electron chi connectivity index (χ0n) is 12.3. The second-order valence-corrected chi connectivity index (χ2v) is 6.06. The Morgan fingerprint density at radius 3 is 2.62 bits per heavy atom. The number of aryl methyl sites for hydroxylation is 1. The predicted octanol–water partition coefficient (Wildman–Crippen LogP) is 0.981. The van der Waals surface area contributed by atoms with Crippen LogP contribution in [0.3, 0.4) is 0 Å². The molecule has 7 heteroatoms. The molecule has 1 saturated carbocycles. The van der Waals surface area contributed by atoms with Gasteiger partial charge in [-0.1, -0.05) is 18.1 Å². The van der Waals surface area contributed by atoms with E-state index >= 15 is 0 Å². The molecule has 2 fully saturated rings. The van der Waals surface area contributed by atoms with Crippen molar-refractivity contribution in [3.8, 4) is 0 Å². The van der Waals surface area contributed by atoms with Crippen LogP contribution < -0.4 is 0 Å². The number of carboxylic acids is 1. The molecule has 0 spiro atoms. The molecular weight excluding hydrogens is 272 g/mol. The van der Waals surface area contributed by atoms with E-state index in [0.29, 0.717) is 18.0 Å². The zero-order chi connectivity index (χ0) is 15.1. The average Bonchev–Trinajstić information content (AvgIpc) is 3.00. The summed E-state index contributed by atoms with van der Waals surface area (Å²) in [7, 11) is 1.72. The van der Waals surface area contributed by atoms with Gasteiger partial charge in [0, 0.05) is 13.1 Å². The fourth-order valence-corrected chi connectivity index (χ4v) is 3.70. The quantitative estimate of drug-likeness (QED) is 0.878. The van der Waals surface area contributed by atoms with E-state index < -0.39 is 12.0 Å². The van der Waals surface area contributed by atoms with Gasteiger partial charge in [-0.2, -0.15) is 0 Å². The van der Waals surface area contributed by atoms with E-state index in [4.69, 9.17) is 0 Å². The Hall–Kier alpha value is -1.92. The van der Waals surface area contributed by atoms with Crippen molar-refractivity contribution in [2.24, 2.45) is 13.0 Å². The van der Waals surface area contributed by atoms with Crippen LogP contribution in [0.2, 0.25) is 0 Å². The van der Waals surface area contributed by atoms with Crippen LogP contribution >= 0.6 is 0 Å². The van der Waals surface area contributed by atoms with Crippen molar-refractivity contribution in [3.05, 3.63) is 11.4 Å².